The van der Waals surface area contributed by atoms with Crippen LogP contribution in [0.4, 0.5) is 11.5 Å². The SMILES string of the molecule is C=CC(=O)Nc1ccc2c(N3CCCC3)nc(C3CCNCC3)cc2c1.CC. The molecule has 2 N–H and O–H groups in total. The molecule has 3 heterocycles. The standard InChI is InChI=1S/C21H26N4O.C2H6/c1-2-20(26)23-17-5-6-18-16(13-17)14-19(15-7-9-22-10-8-15)24-21(18)25-11-3-4-12-25;1-2/h2,5-6,13-15,22H,1,3-4,7-12H2,(H,23,26);1-2H3. The van der Waals surface area contributed by atoms with Crippen LogP contribution in [0.5, 0.6) is 0 Å². The van der Waals surface area contributed by atoms with Gasteiger partial charge in [-0.2, -0.15) is 0 Å². The molecule has 150 valence electrons. The second-order valence-corrected chi connectivity index (χ2v) is 7.22. The number of fused-ring (bicyclic) bond motifs is 1. The number of hydrogen-bond acceptors (Lipinski definition) is 4. The normalized spacial score (nSPS) is 17.1. The first kappa shape index (κ1) is 20.3. The summed E-state index contributed by atoms with van der Waals surface area (Å²) in [5.41, 5.74) is 1.99. The van der Waals surface area contributed by atoms with Crippen LogP contribution in [-0.4, -0.2) is 37.1 Å². The third kappa shape index (κ3) is 4.53. The molecule has 2 aliphatic heterocycles. The molecule has 2 saturated heterocycles. The minimum Gasteiger partial charge on any atom is -0.356 e. The van der Waals surface area contributed by atoms with E-state index >= 15 is 0 Å². The van der Waals surface area contributed by atoms with Crippen molar-refractivity contribution >= 4 is 28.2 Å². The molecule has 0 saturated carbocycles. The van der Waals surface area contributed by atoms with Crippen LogP contribution in [0.1, 0.15) is 51.1 Å². The van der Waals surface area contributed by atoms with Crippen molar-refractivity contribution in [2.75, 3.05) is 36.4 Å². The van der Waals surface area contributed by atoms with Crippen molar-refractivity contribution in [3.8, 4) is 0 Å². The lowest BCUT2D eigenvalue weighted by Crippen LogP contribution is -2.27. The minimum absolute atomic E-state index is 0.184. The number of carbonyl (C=O) groups excluding carboxylic acids is 1. The minimum atomic E-state index is -0.184. The first-order valence-electron chi connectivity index (χ1n) is 10.6. The molecule has 0 radical (unpaired) electrons. The van der Waals surface area contributed by atoms with Crippen LogP contribution in [0.15, 0.2) is 36.9 Å². The highest BCUT2D eigenvalue weighted by molar-refractivity contribution is 6.01. The summed E-state index contributed by atoms with van der Waals surface area (Å²) in [7, 11) is 0. The van der Waals surface area contributed by atoms with Gasteiger partial charge < -0.3 is 15.5 Å². The number of anilines is 2. The molecule has 1 aromatic carbocycles. The molecule has 1 amide bonds. The third-order valence-corrected chi connectivity index (χ3v) is 5.45. The first-order valence-corrected chi connectivity index (χ1v) is 10.6. The molecule has 0 unspecified atom stereocenters. The van der Waals surface area contributed by atoms with Crippen LogP contribution in [0.3, 0.4) is 0 Å². The van der Waals surface area contributed by atoms with Crippen LogP contribution < -0.4 is 15.5 Å². The second-order valence-electron chi connectivity index (χ2n) is 7.22. The van der Waals surface area contributed by atoms with Gasteiger partial charge in [-0.3, -0.25) is 4.79 Å². The zero-order valence-electron chi connectivity index (χ0n) is 17.1. The summed E-state index contributed by atoms with van der Waals surface area (Å²) in [6.07, 6.45) is 6.02. The lowest BCUT2D eigenvalue weighted by atomic mass is 9.93. The maximum Gasteiger partial charge on any atom is 0.247 e. The fourth-order valence-electron chi connectivity index (χ4n) is 4.03. The number of benzene rings is 1. The number of nitrogens with zero attached hydrogens (tertiary/aromatic N) is 2. The fourth-order valence-corrected chi connectivity index (χ4v) is 4.03. The Bertz CT molecular complexity index is 821. The Kier molecular flexibility index (Phi) is 7.04. The Morgan fingerprint density at radius 2 is 1.93 bits per heavy atom. The molecule has 0 atom stereocenters. The third-order valence-electron chi connectivity index (χ3n) is 5.45. The maximum atomic E-state index is 11.7. The van der Waals surface area contributed by atoms with E-state index < -0.39 is 0 Å². The quantitative estimate of drug-likeness (QED) is 0.769. The van der Waals surface area contributed by atoms with Gasteiger partial charge in [0.15, 0.2) is 0 Å². The molecule has 0 bridgehead atoms. The highest BCUT2D eigenvalue weighted by Crippen LogP contribution is 2.34. The molecule has 2 aromatic rings. The van der Waals surface area contributed by atoms with Crippen molar-refractivity contribution < 1.29 is 4.79 Å². The number of pyridine rings is 1. The zero-order chi connectivity index (χ0) is 19.9. The molecular formula is C23H32N4O. The Hall–Kier alpha value is -2.40. The highest BCUT2D eigenvalue weighted by atomic mass is 16.1. The van der Waals surface area contributed by atoms with E-state index in [0.717, 1.165) is 55.9 Å². The summed E-state index contributed by atoms with van der Waals surface area (Å²) >= 11 is 0. The van der Waals surface area contributed by atoms with E-state index in [1.54, 1.807) is 0 Å². The highest BCUT2D eigenvalue weighted by Gasteiger charge is 2.22. The van der Waals surface area contributed by atoms with Gasteiger partial charge in [0.25, 0.3) is 0 Å². The Morgan fingerprint density at radius 3 is 2.61 bits per heavy atom. The van der Waals surface area contributed by atoms with Crippen molar-refractivity contribution in [3.63, 3.8) is 0 Å². The average molecular weight is 381 g/mol. The predicted molar refractivity (Wildman–Crippen MR) is 118 cm³/mol. The van der Waals surface area contributed by atoms with Crippen LogP contribution in [0.2, 0.25) is 0 Å². The van der Waals surface area contributed by atoms with E-state index in [1.807, 2.05) is 19.9 Å². The number of amides is 1. The van der Waals surface area contributed by atoms with E-state index in [1.165, 1.54) is 30.0 Å². The number of piperidine rings is 1. The fraction of sp³-hybridized carbons (Fsp3) is 0.478. The number of rotatable bonds is 4. The molecule has 0 aliphatic carbocycles. The summed E-state index contributed by atoms with van der Waals surface area (Å²) in [6, 6.07) is 8.31. The maximum absolute atomic E-state index is 11.7. The molecule has 5 heteroatoms. The monoisotopic (exact) mass is 380 g/mol. The van der Waals surface area contributed by atoms with Crippen LogP contribution in [-0.2, 0) is 4.79 Å². The van der Waals surface area contributed by atoms with Gasteiger partial charge >= 0.3 is 0 Å². The summed E-state index contributed by atoms with van der Waals surface area (Å²) in [6.45, 7) is 11.8. The second kappa shape index (κ2) is 9.69. The van der Waals surface area contributed by atoms with Gasteiger partial charge in [-0.1, -0.05) is 20.4 Å². The summed E-state index contributed by atoms with van der Waals surface area (Å²) < 4.78 is 0. The van der Waals surface area contributed by atoms with Crippen molar-refractivity contribution in [1.29, 1.82) is 0 Å². The van der Waals surface area contributed by atoms with Crippen molar-refractivity contribution in [2.45, 2.75) is 45.4 Å². The topological polar surface area (TPSA) is 57.3 Å². The molecule has 0 spiro atoms. The average Bonchev–Trinajstić information content (AvgIpc) is 3.29. The Morgan fingerprint density at radius 1 is 1.21 bits per heavy atom. The Labute approximate surface area is 168 Å². The molecule has 1 aromatic heterocycles. The van der Waals surface area contributed by atoms with Crippen molar-refractivity contribution in [3.05, 3.63) is 42.6 Å². The smallest absolute Gasteiger partial charge is 0.247 e. The van der Waals surface area contributed by atoms with E-state index in [-0.39, 0.29) is 5.91 Å². The van der Waals surface area contributed by atoms with Gasteiger partial charge in [-0.05, 0) is 74.5 Å². The number of aromatic nitrogens is 1. The van der Waals surface area contributed by atoms with Crippen molar-refractivity contribution in [2.24, 2.45) is 0 Å². The van der Waals surface area contributed by atoms with E-state index in [2.05, 4.69) is 40.3 Å². The van der Waals surface area contributed by atoms with Gasteiger partial charge in [-0.15, -0.1) is 0 Å². The molecule has 2 aliphatic rings. The number of nitrogens with one attached hydrogen (secondary N) is 2. The first-order chi connectivity index (χ1) is 13.7. The lowest BCUT2D eigenvalue weighted by molar-refractivity contribution is -0.111. The van der Waals surface area contributed by atoms with Crippen LogP contribution >= 0.6 is 0 Å². The summed E-state index contributed by atoms with van der Waals surface area (Å²) in [4.78, 5) is 19.2. The molecule has 5 nitrogen and oxygen atoms in total. The van der Waals surface area contributed by atoms with Crippen molar-refractivity contribution in [1.82, 2.24) is 10.3 Å². The molecule has 2 fully saturated rings. The summed E-state index contributed by atoms with van der Waals surface area (Å²) in [5.74, 6) is 1.43. The van der Waals surface area contributed by atoms with Gasteiger partial charge in [0, 0.05) is 35.8 Å². The van der Waals surface area contributed by atoms with Gasteiger partial charge in [0.2, 0.25) is 5.91 Å². The van der Waals surface area contributed by atoms with Crippen LogP contribution in [0, 0.1) is 0 Å². The van der Waals surface area contributed by atoms with Gasteiger partial charge in [0.1, 0.15) is 5.82 Å². The van der Waals surface area contributed by atoms with E-state index in [0.29, 0.717) is 5.92 Å². The number of hydrogen-bond donors (Lipinski definition) is 2. The summed E-state index contributed by atoms with van der Waals surface area (Å²) in [5, 5.41) is 8.62. The molecule has 4 rings (SSSR count). The largest absolute Gasteiger partial charge is 0.356 e. The molecular weight excluding hydrogens is 348 g/mol. The lowest BCUT2D eigenvalue weighted by Gasteiger charge is -2.25. The van der Waals surface area contributed by atoms with Gasteiger partial charge in [-0.25, -0.2) is 4.98 Å². The molecule has 28 heavy (non-hydrogen) atoms. The Balaban J connectivity index is 0.00000109. The zero-order valence-corrected chi connectivity index (χ0v) is 17.1. The van der Waals surface area contributed by atoms with Gasteiger partial charge in [0.05, 0.1) is 0 Å². The predicted octanol–water partition coefficient (Wildman–Crippen LogP) is 4.45. The van der Waals surface area contributed by atoms with E-state index in [4.69, 9.17) is 4.98 Å². The van der Waals surface area contributed by atoms with E-state index in [9.17, 15) is 4.79 Å². The number of carbonyl (C=O) groups is 1. The van der Waals surface area contributed by atoms with Crippen LogP contribution in [0.25, 0.3) is 10.8 Å².